The summed E-state index contributed by atoms with van der Waals surface area (Å²) >= 11 is 0. The standard InChI is InChI=1S/C18H25NO5/c1-4-12-9-11(2)18(3,22)17(21)23-10-13-5-7-19-8-6-14(15(13)19)24-16(12)20/h4-5,11,14-15,22H,6-10H2,1-3H3/b12-4-/t11-,14+,15+,18-/m0/s1. The second kappa shape index (κ2) is 6.33. The molecule has 0 radical (unpaired) electrons. The van der Waals surface area contributed by atoms with Crippen molar-refractivity contribution in [1.29, 1.82) is 0 Å². The summed E-state index contributed by atoms with van der Waals surface area (Å²) in [6.07, 6.45) is 4.56. The van der Waals surface area contributed by atoms with Gasteiger partial charge < -0.3 is 14.6 Å². The van der Waals surface area contributed by atoms with Crippen LogP contribution in [0.5, 0.6) is 0 Å². The maximum atomic E-state index is 12.5. The Balaban J connectivity index is 1.91. The maximum Gasteiger partial charge on any atom is 0.338 e. The third-order valence-corrected chi connectivity index (χ3v) is 5.55. The van der Waals surface area contributed by atoms with Crippen molar-refractivity contribution in [2.75, 3.05) is 19.7 Å². The van der Waals surface area contributed by atoms with Crippen LogP contribution in [0, 0.1) is 5.92 Å². The lowest BCUT2D eigenvalue weighted by molar-refractivity contribution is -0.169. The van der Waals surface area contributed by atoms with E-state index in [0.717, 1.165) is 25.1 Å². The zero-order valence-electron chi connectivity index (χ0n) is 14.4. The molecule has 2 fully saturated rings. The molecule has 0 saturated carbocycles. The Morgan fingerprint density at radius 2 is 2.17 bits per heavy atom. The van der Waals surface area contributed by atoms with E-state index in [0.29, 0.717) is 5.57 Å². The van der Waals surface area contributed by atoms with Gasteiger partial charge in [0.1, 0.15) is 12.7 Å². The number of aliphatic hydroxyl groups is 1. The Morgan fingerprint density at radius 1 is 1.42 bits per heavy atom. The Morgan fingerprint density at radius 3 is 2.88 bits per heavy atom. The van der Waals surface area contributed by atoms with Gasteiger partial charge in [-0.3, -0.25) is 4.90 Å². The summed E-state index contributed by atoms with van der Waals surface area (Å²) in [4.78, 5) is 27.1. The molecule has 3 rings (SSSR count). The highest BCUT2D eigenvalue weighted by Gasteiger charge is 2.45. The minimum absolute atomic E-state index is 0.0262. The van der Waals surface area contributed by atoms with Crippen molar-refractivity contribution in [1.82, 2.24) is 4.90 Å². The van der Waals surface area contributed by atoms with Gasteiger partial charge in [-0.15, -0.1) is 0 Å². The molecule has 24 heavy (non-hydrogen) atoms. The van der Waals surface area contributed by atoms with E-state index in [4.69, 9.17) is 9.47 Å². The first-order chi connectivity index (χ1) is 11.3. The molecule has 4 atom stereocenters. The van der Waals surface area contributed by atoms with Crippen LogP contribution in [0.25, 0.3) is 0 Å². The second-order valence-electron chi connectivity index (χ2n) is 7.09. The van der Waals surface area contributed by atoms with Crippen molar-refractivity contribution >= 4 is 11.9 Å². The van der Waals surface area contributed by atoms with Crippen LogP contribution in [0.15, 0.2) is 23.3 Å². The number of cyclic esters (lactones) is 1. The number of ether oxygens (including phenoxy) is 2. The number of allylic oxidation sites excluding steroid dienone is 1. The van der Waals surface area contributed by atoms with E-state index in [1.165, 1.54) is 6.92 Å². The molecule has 0 bridgehead atoms. The molecule has 0 amide bonds. The normalized spacial score (nSPS) is 39.6. The third-order valence-electron chi connectivity index (χ3n) is 5.55. The molecular weight excluding hydrogens is 310 g/mol. The minimum atomic E-state index is -1.65. The fourth-order valence-corrected chi connectivity index (χ4v) is 3.68. The van der Waals surface area contributed by atoms with Gasteiger partial charge in [0.15, 0.2) is 5.60 Å². The van der Waals surface area contributed by atoms with E-state index in [2.05, 4.69) is 4.90 Å². The van der Waals surface area contributed by atoms with E-state index < -0.39 is 17.5 Å². The number of carbonyl (C=O) groups excluding carboxylic acids is 2. The Kier molecular flexibility index (Phi) is 4.53. The largest absolute Gasteiger partial charge is 0.459 e. The lowest BCUT2D eigenvalue weighted by atomic mass is 9.85. The summed E-state index contributed by atoms with van der Waals surface area (Å²) in [5.41, 5.74) is -0.218. The van der Waals surface area contributed by atoms with Gasteiger partial charge in [0.2, 0.25) is 0 Å². The van der Waals surface area contributed by atoms with Crippen molar-refractivity contribution in [2.24, 2.45) is 5.92 Å². The first-order valence-electron chi connectivity index (χ1n) is 8.53. The van der Waals surface area contributed by atoms with Crippen LogP contribution in [0.2, 0.25) is 0 Å². The first-order valence-corrected chi connectivity index (χ1v) is 8.53. The zero-order valence-corrected chi connectivity index (χ0v) is 14.4. The van der Waals surface area contributed by atoms with E-state index in [1.807, 2.05) is 6.08 Å². The Hall–Kier alpha value is -1.66. The average Bonchev–Trinajstić information content (AvgIpc) is 3.12. The molecule has 6 heteroatoms. The Labute approximate surface area is 142 Å². The monoisotopic (exact) mass is 335 g/mol. The molecule has 0 aliphatic carbocycles. The first kappa shape index (κ1) is 17.2. The average molecular weight is 335 g/mol. The molecule has 0 unspecified atom stereocenters. The summed E-state index contributed by atoms with van der Waals surface area (Å²) in [6.45, 7) is 6.71. The van der Waals surface area contributed by atoms with Crippen LogP contribution in [-0.4, -0.2) is 59.4 Å². The molecule has 3 aliphatic heterocycles. The van der Waals surface area contributed by atoms with Gasteiger partial charge in [-0.05, 0) is 38.2 Å². The smallest absolute Gasteiger partial charge is 0.338 e. The van der Waals surface area contributed by atoms with E-state index in [-0.39, 0.29) is 31.1 Å². The summed E-state index contributed by atoms with van der Waals surface area (Å²) in [5.74, 6) is -1.46. The summed E-state index contributed by atoms with van der Waals surface area (Å²) in [6, 6.07) is -0.0262. The molecule has 3 heterocycles. The van der Waals surface area contributed by atoms with Crippen LogP contribution in [0.3, 0.4) is 0 Å². The molecule has 3 aliphatic rings. The van der Waals surface area contributed by atoms with E-state index in [9.17, 15) is 14.7 Å². The molecule has 132 valence electrons. The Bertz CT molecular complexity index is 607. The molecule has 2 saturated heterocycles. The second-order valence-corrected chi connectivity index (χ2v) is 7.09. The highest BCUT2D eigenvalue weighted by molar-refractivity contribution is 5.89. The van der Waals surface area contributed by atoms with Gasteiger partial charge >= 0.3 is 11.9 Å². The van der Waals surface area contributed by atoms with Crippen LogP contribution in [0.1, 0.15) is 33.6 Å². The quantitative estimate of drug-likeness (QED) is 0.407. The minimum Gasteiger partial charge on any atom is -0.459 e. The predicted molar refractivity (Wildman–Crippen MR) is 87.1 cm³/mol. The molecule has 0 aromatic rings. The van der Waals surface area contributed by atoms with Gasteiger partial charge in [-0.25, -0.2) is 9.59 Å². The lowest BCUT2D eigenvalue weighted by Crippen LogP contribution is -2.45. The molecule has 0 spiro atoms. The molecular formula is C18H25NO5. The fraction of sp³-hybridized carbons (Fsp3) is 0.667. The topological polar surface area (TPSA) is 76.1 Å². The highest BCUT2D eigenvalue weighted by Crippen LogP contribution is 2.34. The maximum absolute atomic E-state index is 12.5. The van der Waals surface area contributed by atoms with Crippen molar-refractivity contribution in [3.05, 3.63) is 23.3 Å². The molecule has 0 aromatic carbocycles. The summed E-state index contributed by atoms with van der Waals surface area (Å²) < 4.78 is 11.2. The van der Waals surface area contributed by atoms with Crippen molar-refractivity contribution < 1.29 is 24.2 Å². The highest BCUT2D eigenvalue weighted by atomic mass is 16.6. The van der Waals surface area contributed by atoms with Crippen LogP contribution < -0.4 is 0 Å². The van der Waals surface area contributed by atoms with Gasteiger partial charge in [-0.2, -0.15) is 0 Å². The number of rotatable bonds is 0. The van der Waals surface area contributed by atoms with Crippen molar-refractivity contribution in [2.45, 2.75) is 51.4 Å². The fourth-order valence-electron chi connectivity index (χ4n) is 3.68. The predicted octanol–water partition coefficient (Wildman–Crippen LogP) is 1.19. The van der Waals surface area contributed by atoms with Crippen molar-refractivity contribution in [3.63, 3.8) is 0 Å². The van der Waals surface area contributed by atoms with Gasteiger partial charge in [0.25, 0.3) is 0 Å². The number of esters is 2. The summed E-state index contributed by atoms with van der Waals surface area (Å²) in [7, 11) is 0. The lowest BCUT2D eigenvalue weighted by Gasteiger charge is -2.31. The zero-order chi connectivity index (χ0) is 17.5. The molecule has 0 aromatic heterocycles. The van der Waals surface area contributed by atoms with Crippen molar-refractivity contribution in [3.8, 4) is 0 Å². The van der Waals surface area contributed by atoms with Gasteiger partial charge in [0, 0.05) is 18.7 Å². The van der Waals surface area contributed by atoms with Gasteiger partial charge in [0.05, 0.1) is 6.04 Å². The third kappa shape index (κ3) is 2.89. The van der Waals surface area contributed by atoms with Gasteiger partial charge in [-0.1, -0.05) is 19.1 Å². The van der Waals surface area contributed by atoms with Crippen LogP contribution in [-0.2, 0) is 19.1 Å². The number of nitrogens with zero attached hydrogens (tertiary/aromatic N) is 1. The summed E-state index contributed by atoms with van der Waals surface area (Å²) in [5, 5.41) is 10.6. The number of hydrogen-bond acceptors (Lipinski definition) is 6. The number of carbonyl (C=O) groups is 2. The molecule has 6 nitrogen and oxygen atoms in total. The number of hydrogen-bond donors (Lipinski definition) is 1. The van der Waals surface area contributed by atoms with E-state index in [1.54, 1.807) is 19.9 Å². The SMILES string of the molecule is C/C=C1/C[C@H](C)[C@](C)(O)C(=O)OCC2=CCN3CC[C@@H](OC1=O)[C@@H]23. The van der Waals surface area contributed by atoms with Crippen LogP contribution >= 0.6 is 0 Å². The molecule has 1 N–H and O–H groups in total. The van der Waals surface area contributed by atoms with E-state index >= 15 is 0 Å². The van der Waals surface area contributed by atoms with Crippen LogP contribution in [0.4, 0.5) is 0 Å².